The molecule has 82 heavy (non-hydrogen) atoms. The van der Waals surface area contributed by atoms with Gasteiger partial charge in [-0.2, -0.15) is 72.4 Å². The minimum absolute atomic E-state index is 0.0843. The van der Waals surface area contributed by atoms with Crippen molar-refractivity contribution in [1.82, 2.24) is 29.9 Å². The van der Waals surface area contributed by atoms with Crippen LogP contribution in [0, 0.1) is 12.2 Å². The number of ether oxygens (including phenoxy) is 4. The van der Waals surface area contributed by atoms with Crippen LogP contribution in [0.1, 0.15) is 0 Å². The average Bonchev–Trinajstić information content (AvgIpc) is 3.32. The number of aromatic nitrogens is 6. The molecule has 30 nitrogen and oxygen atoms in total. The highest BCUT2D eigenvalue weighted by molar-refractivity contribution is 7.86. The van der Waals surface area contributed by atoms with E-state index < -0.39 is 129 Å². The molecule has 5 aromatic carbocycles. The molecule has 2 aromatic heterocycles. The van der Waals surface area contributed by atoms with Gasteiger partial charge in [-0.25, -0.2) is 9.98 Å². The van der Waals surface area contributed by atoms with E-state index in [1.54, 1.807) is 9.80 Å². The van der Waals surface area contributed by atoms with Crippen molar-refractivity contribution >= 4 is 133 Å². The Morgan fingerprint density at radius 3 is 1.18 bits per heavy atom. The molecule has 11 rings (SSSR count). The van der Waals surface area contributed by atoms with Crippen LogP contribution in [-0.4, -0.2) is 134 Å². The van der Waals surface area contributed by atoms with Gasteiger partial charge in [0.2, 0.25) is 23.8 Å². The fourth-order valence-electron chi connectivity index (χ4n) is 8.63. The molecule has 0 atom stereocenters. The highest BCUT2D eigenvalue weighted by Gasteiger charge is 2.35. The Morgan fingerprint density at radius 2 is 0.829 bits per heavy atom. The van der Waals surface area contributed by atoms with E-state index in [0.717, 1.165) is 36.4 Å². The van der Waals surface area contributed by atoms with Gasteiger partial charge in [-0.3, -0.25) is 18.2 Å². The van der Waals surface area contributed by atoms with Gasteiger partial charge in [-0.15, -0.1) is 0 Å². The summed E-state index contributed by atoms with van der Waals surface area (Å²) in [7, 11) is -20.9. The molecular formula is C44H34Cl2F2N14O16S4. The maximum absolute atomic E-state index is 14.6. The molecule has 428 valence electrons. The van der Waals surface area contributed by atoms with Crippen LogP contribution in [-0.2, 0) is 49.9 Å². The van der Waals surface area contributed by atoms with Crippen LogP contribution in [0.5, 0.6) is 23.0 Å². The smallest absolute Gasteiger partial charge is 0.315 e. The molecule has 38 heteroatoms. The molecule has 4 aliphatic rings. The van der Waals surface area contributed by atoms with E-state index in [9.17, 15) is 60.7 Å². The Labute approximate surface area is 469 Å². The molecular weight excluding hydrogens is 1220 g/mol. The SMILES string of the molecule is O=S(=O)(O)c1cc(Nc2ccc3c(c2S(=O)(=O)O)Oc2c(Cl)c4c(c(Cl)c2=N3)Oc2c(ccc(Nc3ccc(Nc5nc(F)nc(N6CCOCC6)n5)c(S(=O)(=O)O)c3)c2S(=O)(=O)O)N=4)ccc1Nc1nc(F)nc(N2CCOCC2)n1. The first-order valence-electron chi connectivity index (χ1n) is 23.2. The third kappa shape index (κ3) is 11.2. The predicted molar refractivity (Wildman–Crippen MR) is 282 cm³/mol. The van der Waals surface area contributed by atoms with Crippen molar-refractivity contribution in [2.45, 2.75) is 19.6 Å². The predicted octanol–water partition coefficient (Wildman–Crippen LogP) is 5.39. The minimum atomic E-state index is -5.34. The first-order chi connectivity index (χ1) is 38.8. The second-order valence-corrected chi connectivity index (χ2v) is 23.7. The van der Waals surface area contributed by atoms with Crippen LogP contribution in [0.3, 0.4) is 0 Å². The Bertz CT molecular complexity index is 4200. The fourth-order valence-corrected chi connectivity index (χ4v) is 12.0. The zero-order chi connectivity index (χ0) is 58.2. The van der Waals surface area contributed by atoms with Crippen molar-refractivity contribution in [3.8, 4) is 23.0 Å². The number of anilines is 10. The third-order valence-electron chi connectivity index (χ3n) is 12.2. The zero-order valence-corrected chi connectivity index (χ0v) is 45.5. The van der Waals surface area contributed by atoms with Gasteiger partial charge in [-0.1, -0.05) is 23.2 Å². The third-order valence-corrected chi connectivity index (χ3v) is 16.5. The second-order valence-electron chi connectivity index (χ2n) is 17.5. The molecule has 8 N–H and O–H groups in total. The molecule has 0 unspecified atom stereocenters. The van der Waals surface area contributed by atoms with E-state index in [2.05, 4.69) is 61.2 Å². The van der Waals surface area contributed by atoms with Crippen LogP contribution >= 0.6 is 23.2 Å². The Morgan fingerprint density at radius 1 is 0.463 bits per heavy atom. The van der Waals surface area contributed by atoms with Gasteiger partial charge in [0.15, 0.2) is 32.8 Å². The molecule has 2 fully saturated rings. The summed E-state index contributed by atoms with van der Waals surface area (Å²) in [5, 5.41) is 8.76. The summed E-state index contributed by atoms with van der Waals surface area (Å²) in [5.41, 5.74) is -2.64. The molecule has 0 radical (unpaired) electrons. The van der Waals surface area contributed by atoms with Crippen LogP contribution in [0.25, 0.3) is 0 Å². The van der Waals surface area contributed by atoms with Crippen molar-refractivity contribution in [2.24, 2.45) is 9.98 Å². The van der Waals surface area contributed by atoms with Gasteiger partial charge in [0.1, 0.15) is 41.9 Å². The summed E-state index contributed by atoms with van der Waals surface area (Å²) in [6, 6.07) is 10.9. The van der Waals surface area contributed by atoms with Crippen molar-refractivity contribution in [3.05, 3.63) is 93.6 Å². The lowest BCUT2D eigenvalue weighted by atomic mass is 10.1. The number of halogens is 4. The number of nitrogens with one attached hydrogen (secondary N) is 4. The minimum Gasteiger partial charge on any atom is -0.450 e. The van der Waals surface area contributed by atoms with Crippen molar-refractivity contribution in [1.29, 1.82) is 0 Å². The Kier molecular flexibility index (Phi) is 14.4. The second kappa shape index (κ2) is 21.1. The van der Waals surface area contributed by atoms with Crippen LogP contribution in [0.15, 0.2) is 90.2 Å². The summed E-state index contributed by atoms with van der Waals surface area (Å²) in [6.45, 7) is 2.48. The van der Waals surface area contributed by atoms with E-state index in [4.69, 9.17) is 42.1 Å². The normalized spacial score (nSPS) is 15.1. The summed E-state index contributed by atoms with van der Waals surface area (Å²) in [4.78, 5) is 31.2. The first-order valence-corrected chi connectivity index (χ1v) is 29.7. The molecule has 4 aliphatic heterocycles. The molecule has 0 aliphatic carbocycles. The molecule has 0 saturated carbocycles. The number of hydrogen-bond donors (Lipinski definition) is 8. The number of fused-ring (bicyclic) bond motifs is 4. The van der Waals surface area contributed by atoms with E-state index in [0.29, 0.717) is 52.6 Å². The Balaban J connectivity index is 0.903. The number of morpholine rings is 2. The summed E-state index contributed by atoms with van der Waals surface area (Å²) >= 11 is 13.7. The van der Waals surface area contributed by atoms with Crippen LogP contribution in [0.4, 0.5) is 78.1 Å². The van der Waals surface area contributed by atoms with Crippen molar-refractivity contribution in [3.63, 3.8) is 0 Å². The van der Waals surface area contributed by atoms with E-state index in [-0.39, 0.29) is 56.7 Å². The van der Waals surface area contributed by atoms with E-state index >= 15 is 0 Å². The lowest BCUT2D eigenvalue weighted by Crippen LogP contribution is -2.37. The maximum Gasteiger partial charge on any atom is 0.315 e. The maximum atomic E-state index is 14.6. The molecule has 2 saturated heterocycles. The molecule has 6 heterocycles. The standard InChI is InChI=1S/C44H34Cl2F2N14O16S4/c45-29-32-36(78-34-24(52-32)6-8-26(38(34)82(72,73)74)50-20-2-4-22(28(18-20)80(66,67)68)54-42-56-40(48)58-44(60-42)62-11-15-76-16-12-62)30(46)31-35(29)77-33-23(51-31)5-7-25(37(33)81(69,70)71)49-19-1-3-21(27(17-19)79(63,64)65)53-41-55-39(47)57-43(59-41)61-9-13-75-14-10-61/h1-8,17-18,49-50H,9-16H2,(H,63,64,65)(H,66,67,68)(H,69,70,71)(H,72,73,74)(H,53,55,57,59)(H,54,56,58,60). The summed E-state index contributed by atoms with van der Waals surface area (Å²) in [6.07, 6.45) is -2.42. The van der Waals surface area contributed by atoms with Gasteiger partial charge < -0.3 is 50.0 Å². The quantitative estimate of drug-likeness (QED) is 0.0632. The summed E-state index contributed by atoms with van der Waals surface area (Å²) < 4.78 is 197. The van der Waals surface area contributed by atoms with Gasteiger partial charge in [0, 0.05) is 37.6 Å². The number of nitrogens with zero attached hydrogens (tertiary/aromatic N) is 10. The zero-order valence-electron chi connectivity index (χ0n) is 40.7. The highest BCUT2D eigenvalue weighted by atomic mass is 35.5. The van der Waals surface area contributed by atoms with Gasteiger partial charge in [0.25, 0.3) is 40.5 Å². The summed E-state index contributed by atoms with van der Waals surface area (Å²) in [5.74, 6) is -3.29. The fraction of sp³-hybridized carbons (Fsp3) is 0.182. The molecule has 0 bridgehead atoms. The number of benzene rings is 5. The van der Waals surface area contributed by atoms with Crippen LogP contribution < -0.4 is 51.3 Å². The first kappa shape index (κ1) is 56.0. The molecule has 0 amide bonds. The van der Waals surface area contributed by atoms with Gasteiger partial charge >= 0.3 is 12.2 Å². The van der Waals surface area contributed by atoms with E-state index in [1.165, 1.54) is 24.3 Å². The number of hydrogen-bond acceptors (Lipinski definition) is 26. The lowest BCUT2D eigenvalue weighted by molar-refractivity contribution is 0.122. The number of rotatable bonds is 14. The lowest BCUT2D eigenvalue weighted by Gasteiger charge is -2.26. The highest BCUT2D eigenvalue weighted by Crippen LogP contribution is 2.50. The van der Waals surface area contributed by atoms with E-state index in [1.807, 2.05) is 0 Å². The van der Waals surface area contributed by atoms with Gasteiger partial charge in [0.05, 0.1) is 49.2 Å². The average molecular weight is 1250 g/mol. The Hall–Kier alpha value is -7.88. The molecule has 0 spiro atoms. The van der Waals surface area contributed by atoms with Crippen LogP contribution in [0.2, 0.25) is 10.0 Å². The topological polar surface area (TPSA) is 411 Å². The largest absolute Gasteiger partial charge is 0.450 e. The molecule has 7 aromatic rings. The van der Waals surface area contributed by atoms with Crippen molar-refractivity contribution < 1.29 is 79.6 Å². The van der Waals surface area contributed by atoms with Crippen molar-refractivity contribution in [2.75, 3.05) is 83.7 Å². The monoisotopic (exact) mass is 1250 g/mol. The van der Waals surface area contributed by atoms with Gasteiger partial charge in [-0.05, 0) is 60.7 Å².